The first-order valence-electron chi connectivity index (χ1n) is 10.6. The number of aryl methyl sites for hydroxylation is 1. The zero-order valence-corrected chi connectivity index (χ0v) is 21.8. The Hall–Kier alpha value is -1.95. The molecule has 1 saturated carbocycles. The van der Waals surface area contributed by atoms with Gasteiger partial charge in [-0.05, 0) is 57.2 Å². The maximum atomic E-state index is 14.4. The number of carbonyl (C=O) groups is 1. The van der Waals surface area contributed by atoms with E-state index in [-0.39, 0.29) is 41.7 Å². The van der Waals surface area contributed by atoms with Gasteiger partial charge in [0.1, 0.15) is 4.88 Å². The molecule has 1 heterocycles. The summed E-state index contributed by atoms with van der Waals surface area (Å²) in [5, 5.41) is 9.30. The predicted octanol–water partition coefficient (Wildman–Crippen LogP) is 4.04. The van der Waals surface area contributed by atoms with Crippen molar-refractivity contribution < 1.29 is 13.9 Å². The number of carbonyl (C=O) groups excluding carboxylic acids is 1. The Labute approximate surface area is 209 Å². The summed E-state index contributed by atoms with van der Waals surface area (Å²) in [6.07, 6.45) is 2.34. The second kappa shape index (κ2) is 12.9. The minimum atomic E-state index is -0.352. The molecule has 32 heavy (non-hydrogen) atoms. The maximum Gasteiger partial charge on any atom is 0.263 e. The summed E-state index contributed by atoms with van der Waals surface area (Å²) in [5.41, 5.74) is 3.19. The SMILES string of the molecule is CCNC(=NCCNC(=O)c1scnc1C)NC(C)c1ccc(OCC2CC2)c(F)c1.I. The number of hydrogen-bond acceptors (Lipinski definition) is 5. The third kappa shape index (κ3) is 7.88. The highest BCUT2D eigenvalue weighted by Gasteiger charge is 2.22. The molecule has 176 valence electrons. The number of nitrogens with one attached hydrogen (secondary N) is 3. The summed E-state index contributed by atoms with van der Waals surface area (Å²) >= 11 is 1.32. The van der Waals surface area contributed by atoms with Crippen molar-refractivity contribution in [3.05, 3.63) is 45.7 Å². The molecule has 0 bridgehead atoms. The summed E-state index contributed by atoms with van der Waals surface area (Å²) in [5.74, 6) is 0.994. The van der Waals surface area contributed by atoms with E-state index in [0.29, 0.717) is 48.7 Å². The third-order valence-electron chi connectivity index (χ3n) is 4.94. The third-order valence-corrected chi connectivity index (χ3v) is 5.87. The van der Waals surface area contributed by atoms with Crippen molar-refractivity contribution in [1.82, 2.24) is 20.9 Å². The second-order valence-electron chi connectivity index (χ2n) is 7.59. The number of ether oxygens (including phenoxy) is 1. The van der Waals surface area contributed by atoms with E-state index in [4.69, 9.17) is 4.74 Å². The van der Waals surface area contributed by atoms with Crippen molar-refractivity contribution in [1.29, 1.82) is 0 Å². The van der Waals surface area contributed by atoms with Crippen LogP contribution >= 0.6 is 35.3 Å². The predicted molar refractivity (Wildman–Crippen MR) is 137 cm³/mol. The highest BCUT2D eigenvalue weighted by molar-refractivity contribution is 14.0. The highest BCUT2D eigenvalue weighted by atomic mass is 127. The minimum absolute atomic E-state index is 0. The van der Waals surface area contributed by atoms with Gasteiger partial charge in [-0.3, -0.25) is 9.79 Å². The van der Waals surface area contributed by atoms with Crippen LogP contribution in [0.15, 0.2) is 28.7 Å². The highest BCUT2D eigenvalue weighted by Crippen LogP contribution is 2.30. The van der Waals surface area contributed by atoms with Gasteiger partial charge in [0.2, 0.25) is 0 Å². The van der Waals surface area contributed by atoms with Crippen LogP contribution in [0, 0.1) is 18.7 Å². The Morgan fingerprint density at radius 3 is 2.78 bits per heavy atom. The number of thiazole rings is 1. The van der Waals surface area contributed by atoms with E-state index in [1.165, 1.54) is 30.2 Å². The normalized spacial score (nSPS) is 14.3. The quantitative estimate of drug-likeness (QED) is 0.172. The average Bonchev–Trinajstić information content (AvgIpc) is 3.48. The Kier molecular flexibility index (Phi) is 10.6. The Morgan fingerprint density at radius 1 is 1.38 bits per heavy atom. The first-order chi connectivity index (χ1) is 15.0. The Morgan fingerprint density at radius 2 is 2.16 bits per heavy atom. The fourth-order valence-electron chi connectivity index (χ4n) is 2.94. The number of aromatic nitrogens is 1. The van der Waals surface area contributed by atoms with Crippen LogP contribution < -0.4 is 20.7 Å². The second-order valence-corrected chi connectivity index (χ2v) is 8.45. The molecule has 0 spiro atoms. The van der Waals surface area contributed by atoms with E-state index in [9.17, 15) is 9.18 Å². The summed E-state index contributed by atoms with van der Waals surface area (Å²) in [6.45, 7) is 7.82. The summed E-state index contributed by atoms with van der Waals surface area (Å²) in [7, 11) is 0. The van der Waals surface area contributed by atoms with Gasteiger partial charge < -0.3 is 20.7 Å². The number of nitrogens with zero attached hydrogens (tertiary/aromatic N) is 2. The van der Waals surface area contributed by atoms with Crippen LogP contribution in [0.1, 0.15) is 53.7 Å². The van der Waals surface area contributed by atoms with Crippen molar-refractivity contribution in [3.8, 4) is 5.75 Å². The number of guanidine groups is 1. The van der Waals surface area contributed by atoms with Gasteiger partial charge >= 0.3 is 0 Å². The van der Waals surface area contributed by atoms with Crippen LogP contribution in [-0.2, 0) is 0 Å². The molecule has 1 aliphatic rings. The number of aliphatic imine (C=N–C) groups is 1. The summed E-state index contributed by atoms with van der Waals surface area (Å²) in [6, 6.07) is 4.90. The van der Waals surface area contributed by atoms with Crippen molar-refractivity contribution >= 4 is 47.2 Å². The molecule has 0 saturated heterocycles. The van der Waals surface area contributed by atoms with Gasteiger partial charge in [-0.15, -0.1) is 35.3 Å². The van der Waals surface area contributed by atoms with Crippen molar-refractivity contribution in [3.63, 3.8) is 0 Å². The summed E-state index contributed by atoms with van der Waals surface area (Å²) in [4.78, 5) is 21.3. The molecular weight excluding hydrogens is 544 g/mol. The molecule has 1 unspecified atom stereocenters. The monoisotopic (exact) mass is 575 g/mol. The molecule has 1 aromatic carbocycles. The largest absolute Gasteiger partial charge is 0.490 e. The van der Waals surface area contributed by atoms with E-state index in [2.05, 4.69) is 25.9 Å². The van der Waals surface area contributed by atoms with Crippen LogP contribution in [0.3, 0.4) is 0 Å². The van der Waals surface area contributed by atoms with Crippen molar-refractivity contribution in [2.24, 2.45) is 10.9 Å². The van der Waals surface area contributed by atoms with E-state index in [1.807, 2.05) is 26.8 Å². The first-order valence-corrected chi connectivity index (χ1v) is 11.5. The maximum absolute atomic E-state index is 14.4. The Balaban J connectivity index is 0.00000363. The number of benzene rings is 1. The van der Waals surface area contributed by atoms with Crippen molar-refractivity contribution in [2.75, 3.05) is 26.2 Å². The van der Waals surface area contributed by atoms with Gasteiger partial charge in [-0.1, -0.05) is 6.07 Å². The van der Waals surface area contributed by atoms with Gasteiger partial charge in [-0.2, -0.15) is 0 Å². The van der Waals surface area contributed by atoms with Gasteiger partial charge in [0.15, 0.2) is 17.5 Å². The number of halogens is 2. The topological polar surface area (TPSA) is 87.6 Å². The molecule has 1 fully saturated rings. The van der Waals surface area contributed by atoms with Crippen LogP contribution in [0.4, 0.5) is 4.39 Å². The standard InChI is InChI=1S/C22H30FN5O2S.HI/c1-4-24-22(26-10-9-25-21(29)20-15(3)27-13-31-20)28-14(2)17-7-8-19(18(23)11-17)30-12-16-5-6-16;/h7-8,11,13-14,16H,4-6,9-10,12H2,1-3H3,(H,25,29)(H2,24,26,28);1H. The molecule has 1 aromatic heterocycles. The molecule has 1 amide bonds. The van der Waals surface area contributed by atoms with Gasteiger partial charge in [0, 0.05) is 13.1 Å². The minimum Gasteiger partial charge on any atom is -0.490 e. The molecular formula is C22H31FIN5O2S. The lowest BCUT2D eigenvalue weighted by atomic mass is 10.1. The van der Waals surface area contributed by atoms with Crippen LogP contribution in [0.2, 0.25) is 0 Å². The van der Waals surface area contributed by atoms with Crippen LogP contribution in [0.5, 0.6) is 5.75 Å². The zero-order chi connectivity index (χ0) is 22.2. The molecule has 0 aliphatic heterocycles. The smallest absolute Gasteiger partial charge is 0.263 e. The lowest BCUT2D eigenvalue weighted by Crippen LogP contribution is -2.39. The molecule has 0 radical (unpaired) electrons. The number of hydrogen-bond donors (Lipinski definition) is 3. The molecule has 1 atom stereocenters. The van der Waals surface area contributed by atoms with Gasteiger partial charge in [0.05, 0.1) is 30.4 Å². The molecule has 3 rings (SSSR count). The average molecular weight is 575 g/mol. The molecule has 7 nitrogen and oxygen atoms in total. The van der Waals surface area contributed by atoms with Crippen LogP contribution in [0.25, 0.3) is 0 Å². The fraction of sp³-hybridized carbons (Fsp3) is 0.500. The number of amides is 1. The van der Waals surface area contributed by atoms with E-state index in [1.54, 1.807) is 11.6 Å². The fourth-order valence-corrected chi connectivity index (χ4v) is 3.66. The lowest BCUT2D eigenvalue weighted by molar-refractivity contribution is 0.0958. The zero-order valence-electron chi connectivity index (χ0n) is 18.6. The molecule has 2 aromatic rings. The van der Waals surface area contributed by atoms with Crippen LogP contribution in [-0.4, -0.2) is 43.1 Å². The lowest BCUT2D eigenvalue weighted by Gasteiger charge is -2.19. The Bertz CT molecular complexity index is 919. The number of rotatable bonds is 10. The van der Waals surface area contributed by atoms with Crippen molar-refractivity contribution in [2.45, 2.75) is 39.7 Å². The van der Waals surface area contributed by atoms with Gasteiger partial charge in [0.25, 0.3) is 5.91 Å². The molecule has 3 N–H and O–H groups in total. The van der Waals surface area contributed by atoms with E-state index < -0.39 is 0 Å². The first kappa shape index (κ1) is 26.3. The van der Waals surface area contributed by atoms with E-state index in [0.717, 1.165) is 11.3 Å². The molecule has 10 heteroatoms. The van der Waals surface area contributed by atoms with Gasteiger partial charge in [-0.25, -0.2) is 9.37 Å². The molecule has 1 aliphatic carbocycles. The summed E-state index contributed by atoms with van der Waals surface area (Å²) < 4.78 is 20.0. The van der Waals surface area contributed by atoms with E-state index >= 15 is 0 Å².